The molecule has 0 fully saturated rings. The fourth-order valence-corrected chi connectivity index (χ4v) is 0.697. The predicted molar refractivity (Wildman–Crippen MR) is 98.2 cm³/mol. The van der Waals surface area contributed by atoms with Gasteiger partial charge in [-0.15, -0.1) is 0 Å². The summed E-state index contributed by atoms with van der Waals surface area (Å²) in [5.74, 6) is 0.949. The zero-order valence-electron chi connectivity index (χ0n) is 16.5. The second-order valence-corrected chi connectivity index (χ2v) is 4.30. The Labute approximate surface area is 127 Å². The Balaban J connectivity index is -0.0000000475. The van der Waals surface area contributed by atoms with E-state index in [1.807, 2.05) is 27.7 Å². The van der Waals surface area contributed by atoms with Crippen LogP contribution in [0.15, 0.2) is 0 Å². The average molecular weight is 277 g/mol. The van der Waals surface area contributed by atoms with E-state index >= 15 is 0 Å². The van der Waals surface area contributed by atoms with E-state index in [9.17, 15) is 0 Å². The van der Waals surface area contributed by atoms with Crippen LogP contribution in [0.5, 0.6) is 0 Å². The zero-order valence-corrected chi connectivity index (χ0v) is 16.5. The van der Waals surface area contributed by atoms with Gasteiger partial charge < -0.3 is 0 Å². The summed E-state index contributed by atoms with van der Waals surface area (Å²) in [5, 5.41) is 0. The van der Waals surface area contributed by atoms with Crippen LogP contribution in [0.25, 0.3) is 0 Å². The van der Waals surface area contributed by atoms with Gasteiger partial charge in [-0.25, -0.2) is 0 Å². The molecule has 0 aromatic heterocycles. The van der Waals surface area contributed by atoms with Crippen LogP contribution in [0, 0.1) is 5.92 Å². The Hall–Kier alpha value is 0. The van der Waals surface area contributed by atoms with Gasteiger partial charge in [0.1, 0.15) is 0 Å². The van der Waals surface area contributed by atoms with Gasteiger partial charge in [0.15, 0.2) is 0 Å². The van der Waals surface area contributed by atoms with Gasteiger partial charge in [0.25, 0.3) is 0 Å². The van der Waals surface area contributed by atoms with Crippen molar-refractivity contribution in [2.45, 2.75) is 121 Å². The molecule has 0 heterocycles. The number of unbranched alkanes of at least 4 members (excludes halogenated alkanes) is 2. The van der Waals surface area contributed by atoms with Crippen LogP contribution in [0.3, 0.4) is 0 Å². The van der Waals surface area contributed by atoms with Crippen LogP contribution in [0.4, 0.5) is 0 Å². The highest BCUT2D eigenvalue weighted by Crippen LogP contribution is 2.07. The normalized spacial score (nSPS) is 9.00. The van der Waals surface area contributed by atoms with E-state index in [1.54, 1.807) is 0 Å². The maximum atomic E-state index is 2.31. The highest BCUT2D eigenvalue weighted by molar-refractivity contribution is 4.45. The first kappa shape index (κ1) is 31.4. The van der Waals surface area contributed by atoms with Crippen molar-refractivity contribution in [1.82, 2.24) is 0 Å². The third-order valence-corrected chi connectivity index (χ3v) is 2.48. The zero-order chi connectivity index (χ0) is 16.5. The molecule has 124 valence electrons. The van der Waals surface area contributed by atoms with Gasteiger partial charge in [-0.2, -0.15) is 0 Å². The summed E-state index contributed by atoms with van der Waals surface area (Å²) in [6.07, 6.45) is 9.36. The SMILES string of the molecule is CC.CC.CCCC.CCCC.CCCC(C)CC. The van der Waals surface area contributed by atoms with Crippen molar-refractivity contribution in [3.8, 4) is 0 Å². The van der Waals surface area contributed by atoms with E-state index in [4.69, 9.17) is 0 Å². The van der Waals surface area contributed by atoms with Crippen molar-refractivity contribution in [1.29, 1.82) is 0 Å². The molecule has 0 radical (unpaired) electrons. The Bertz CT molecular complexity index is 58.4. The Morgan fingerprint density at radius 3 is 0.842 bits per heavy atom. The third-order valence-electron chi connectivity index (χ3n) is 2.48. The molecule has 0 nitrogen and oxygen atoms in total. The minimum atomic E-state index is 0.949. The molecule has 0 aromatic rings. The summed E-state index contributed by atoms with van der Waals surface area (Å²) >= 11 is 0. The van der Waals surface area contributed by atoms with E-state index in [-0.39, 0.29) is 0 Å². The minimum absolute atomic E-state index is 0.949. The molecule has 0 bridgehead atoms. The van der Waals surface area contributed by atoms with Crippen LogP contribution in [-0.2, 0) is 0 Å². The first-order valence-corrected chi connectivity index (χ1v) is 9.14. The van der Waals surface area contributed by atoms with Gasteiger partial charge in [-0.1, -0.05) is 121 Å². The van der Waals surface area contributed by atoms with E-state index in [0.717, 1.165) is 5.92 Å². The van der Waals surface area contributed by atoms with Gasteiger partial charge >= 0.3 is 0 Å². The molecule has 0 aliphatic heterocycles. The molecule has 0 saturated carbocycles. The molecule has 0 aliphatic carbocycles. The standard InChI is InChI=1S/C7H16.2C4H10.2C2H6/c1-4-6-7(3)5-2;2*1-3-4-2;2*1-2/h7H,4-6H2,1-3H3;2*3-4H2,1-2H3;2*1-2H3. The molecule has 0 aliphatic rings. The van der Waals surface area contributed by atoms with E-state index in [0.29, 0.717) is 0 Å². The minimum Gasteiger partial charge on any atom is -0.0683 e. The third kappa shape index (κ3) is 94.0. The fraction of sp³-hybridized carbons (Fsp3) is 1.00. The van der Waals surface area contributed by atoms with Gasteiger partial charge in [0, 0.05) is 0 Å². The van der Waals surface area contributed by atoms with Crippen molar-refractivity contribution < 1.29 is 0 Å². The maximum absolute atomic E-state index is 2.31. The van der Waals surface area contributed by atoms with Crippen molar-refractivity contribution in [3.05, 3.63) is 0 Å². The van der Waals surface area contributed by atoms with Crippen LogP contribution >= 0.6 is 0 Å². The molecule has 0 N–H and O–H groups in total. The van der Waals surface area contributed by atoms with E-state index < -0.39 is 0 Å². The molecule has 0 amide bonds. The molecule has 0 saturated heterocycles. The lowest BCUT2D eigenvalue weighted by atomic mass is 10.0. The maximum Gasteiger partial charge on any atom is -0.0446 e. The summed E-state index contributed by atoms with van der Waals surface area (Å²) in [5.41, 5.74) is 0. The summed E-state index contributed by atoms with van der Waals surface area (Å²) in [4.78, 5) is 0. The van der Waals surface area contributed by atoms with Gasteiger partial charge in [-0.3, -0.25) is 0 Å². The van der Waals surface area contributed by atoms with Gasteiger partial charge in [0.05, 0.1) is 0 Å². The van der Waals surface area contributed by atoms with E-state index in [1.165, 1.54) is 44.9 Å². The first-order chi connectivity index (χ1) is 9.14. The van der Waals surface area contributed by atoms with Crippen molar-refractivity contribution in [3.63, 3.8) is 0 Å². The Kier molecular flexibility index (Phi) is 86.0. The lowest BCUT2D eigenvalue weighted by molar-refractivity contribution is 0.509. The van der Waals surface area contributed by atoms with Crippen molar-refractivity contribution in [2.24, 2.45) is 5.92 Å². The molecule has 0 heteroatoms. The molecular formula is C19H48. The topological polar surface area (TPSA) is 0 Å². The molecular weight excluding hydrogens is 228 g/mol. The van der Waals surface area contributed by atoms with Crippen LogP contribution in [0.1, 0.15) is 121 Å². The number of hydrogen-bond acceptors (Lipinski definition) is 0. The van der Waals surface area contributed by atoms with Crippen LogP contribution < -0.4 is 0 Å². The summed E-state index contributed by atoms with van der Waals surface area (Å²) in [6.45, 7) is 23.5. The average Bonchev–Trinajstić information content (AvgIpc) is 2.51. The lowest BCUT2D eigenvalue weighted by Gasteiger charge is -2.02. The molecule has 1 unspecified atom stereocenters. The fourth-order valence-electron chi connectivity index (χ4n) is 0.697. The summed E-state index contributed by atoms with van der Waals surface area (Å²) in [6, 6.07) is 0. The second kappa shape index (κ2) is 52.0. The Morgan fingerprint density at radius 2 is 0.789 bits per heavy atom. The monoisotopic (exact) mass is 276 g/mol. The highest BCUT2D eigenvalue weighted by Gasteiger charge is 1.92. The van der Waals surface area contributed by atoms with Crippen LogP contribution in [0.2, 0.25) is 0 Å². The predicted octanol–water partition coefficient (Wildman–Crippen LogP) is 8.50. The largest absolute Gasteiger partial charge is 0.0683 e. The lowest BCUT2D eigenvalue weighted by Crippen LogP contribution is -1.88. The van der Waals surface area contributed by atoms with Crippen molar-refractivity contribution >= 4 is 0 Å². The second-order valence-electron chi connectivity index (χ2n) is 4.30. The number of rotatable bonds is 5. The van der Waals surface area contributed by atoms with Crippen molar-refractivity contribution in [2.75, 3.05) is 0 Å². The Morgan fingerprint density at radius 1 is 0.526 bits per heavy atom. The molecule has 0 spiro atoms. The summed E-state index contributed by atoms with van der Waals surface area (Å²) in [7, 11) is 0. The molecule has 0 aromatic carbocycles. The molecule has 1 atom stereocenters. The molecule has 19 heavy (non-hydrogen) atoms. The number of hydrogen-bond donors (Lipinski definition) is 0. The first-order valence-electron chi connectivity index (χ1n) is 9.14. The highest BCUT2D eigenvalue weighted by atomic mass is 14.0. The smallest absolute Gasteiger partial charge is 0.0446 e. The van der Waals surface area contributed by atoms with Gasteiger partial charge in [-0.05, 0) is 5.92 Å². The molecule has 0 rings (SSSR count). The van der Waals surface area contributed by atoms with Crippen LogP contribution in [-0.4, -0.2) is 0 Å². The van der Waals surface area contributed by atoms with Gasteiger partial charge in [0.2, 0.25) is 0 Å². The van der Waals surface area contributed by atoms with E-state index in [2.05, 4.69) is 48.5 Å². The summed E-state index contributed by atoms with van der Waals surface area (Å²) < 4.78 is 0. The quantitative estimate of drug-likeness (QED) is 0.472.